The van der Waals surface area contributed by atoms with E-state index in [1.807, 2.05) is 31.2 Å². The third kappa shape index (κ3) is 5.71. The van der Waals surface area contributed by atoms with Crippen LogP contribution in [-0.2, 0) is 14.8 Å². The van der Waals surface area contributed by atoms with E-state index in [2.05, 4.69) is 10.0 Å². The van der Waals surface area contributed by atoms with Crippen LogP contribution in [0.1, 0.15) is 11.1 Å². The standard InChI is InChI=1S/C23H22N2O4S/c1-17-3-5-18(6-4-17)7-16-23(26)24-19-10-14-22(15-11-19)30(27,28)25-20-8-12-21(29-2)13-9-20/h3-16,25H,1-2H3,(H,24,26)/b16-7+. The van der Waals surface area contributed by atoms with Crippen molar-refractivity contribution in [2.75, 3.05) is 17.1 Å². The van der Waals surface area contributed by atoms with Gasteiger partial charge in [0.15, 0.2) is 0 Å². The smallest absolute Gasteiger partial charge is 0.261 e. The molecule has 0 unspecified atom stereocenters. The molecule has 0 fully saturated rings. The molecule has 3 aromatic carbocycles. The number of carbonyl (C=O) groups is 1. The highest BCUT2D eigenvalue weighted by atomic mass is 32.2. The Morgan fingerprint density at radius 1 is 0.867 bits per heavy atom. The predicted octanol–water partition coefficient (Wildman–Crippen LogP) is 4.46. The number of nitrogens with one attached hydrogen (secondary N) is 2. The first kappa shape index (κ1) is 21.1. The molecule has 0 spiro atoms. The van der Waals surface area contributed by atoms with E-state index in [9.17, 15) is 13.2 Å². The number of aryl methyl sites for hydroxylation is 1. The van der Waals surface area contributed by atoms with Crippen LogP contribution < -0.4 is 14.8 Å². The van der Waals surface area contributed by atoms with E-state index in [1.165, 1.54) is 25.3 Å². The number of methoxy groups -OCH3 is 1. The Morgan fingerprint density at radius 3 is 2.07 bits per heavy atom. The minimum Gasteiger partial charge on any atom is -0.497 e. The molecule has 3 aromatic rings. The molecule has 6 nitrogen and oxygen atoms in total. The molecule has 0 atom stereocenters. The zero-order chi connectivity index (χ0) is 21.6. The lowest BCUT2D eigenvalue weighted by Crippen LogP contribution is -2.13. The summed E-state index contributed by atoms with van der Waals surface area (Å²) >= 11 is 0. The van der Waals surface area contributed by atoms with Gasteiger partial charge in [-0.15, -0.1) is 0 Å². The fraction of sp³-hybridized carbons (Fsp3) is 0.0870. The van der Waals surface area contributed by atoms with E-state index in [4.69, 9.17) is 4.74 Å². The summed E-state index contributed by atoms with van der Waals surface area (Å²) in [6, 6.07) is 20.3. The average molecular weight is 423 g/mol. The second-order valence-corrected chi connectivity index (χ2v) is 8.27. The van der Waals surface area contributed by atoms with Gasteiger partial charge in [-0.3, -0.25) is 9.52 Å². The van der Waals surface area contributed by atoms with E-state index >= 15 is 0 Å². The van der Waals surface area contributed by atoms with Crippen molar-refractivity contribution in [1.29, 1.82) is 0 Å². The first-order valence-corrected chi connectivity index (χ1v) is 10.7. The first-order valence-electron chi connectivity index (χ1n) is 9.18. The maximum atomic E-state index is 12.5. The van der Waals surface area contributed by atoms with Gasteiger partial charge in [-0.05, 0) is 67.1 Å². The third-order valence-electron chi connectivity index (χ3n) is 4.28. The normalized spacial score (nSPS) is 11.3. The molecule has 2 N–H and O–H groups in total. The molecule has 7 heteroatoms. The van der Waals surface area contributed by atoms with Crippen molar-refractivity contribution in [3.63, 3.8) is 0 Å². The second kappa shape index (κ2) is 9.28. The molecule has 3 rings (SSSR count). The van der Waals surface area contributed by atoms with E-state index in [0.29, 0.717) is 17.1 Å². The van der Waals surface area contributed by atoms with Crippen molar-refractivity contribution in [1.82, 2.24) is 0 Å². The maximum Gasteiger partial charge on any atom is 0.261 e. The number of benzene rings is 3. The zero-order valence-electron chi connectivity index (χ0n) is 16.6. The summed E-state index contributed by atoms with van der Waals surface area (Å²) in [5, 5.41) is 2.71. The molecule has 0 aromatic heterocycles. The van der Waals surface area contributed by atoms with Gasteiger partial charge in [-0.1, -0.05) is 29.8 Å². The van der Waals surface area contributed by atoms with Gasteiger partial charge < -0.3 is 10.1 Å². The number of hydrogen-bond donors (Lipinski definition) is 2. The predicted molar refractivity (Wildman–Crippen MR) is 119 cm³/mol. The largest absolute Gasteiger partial charge is 0.497 e. The fourth-order valence-corrected chi connectivity index (χ4v) is 3.68. The Morgan fingerprint density at radius 2 is 1.47 bits per heavy atom. The Kier molecular flexibility index (Phi) is 6.54. The molecular formula is C23H22N2O4S. The van der Waals surface area contributed by atoms with Crippen molar-refractivity contribution in [3.05, 3.63) is 90.0 Å². The Labute approximate surface area is 176 Å². The summed E-state index contributed by atoms with van der Waals surface area (Å²) in [6.45, 7) is 2.00. The monoisotopic (exact) mass is 422 g/mol. The number of amides is 1. The number of carbonyl (C=O) groups excluding carboxylic acids is 1. The number of sulfonamides is 1. The van der Waals surface area contributed by atoms with Crippen molar-refractivity contribution in [3.8, 4) is 5.75 Å². The quantitative estimate of drug-likeness (QED) is 0.551. The fourth-order valence-electron chi connectivity index (χ4n) is 2.62. The van der Waals surface area contributed by atoms with Crippen LogP contribution in [0.2, 0.25) is 0 Å². The number of ether oxygens (including phenoxy) is 1. The van der Waals surface area contributed by atoms with Gasteiger partial charge in [0.05, 0.1) is 12.0 Å². The molecule has 154 valence electrons. The Bertz CT molecular complexity index is 1140. The molecule has 0 bridgehead atoms. The summed E-state index contributed by atoms with van der Waals surface area (Å²) in [7, 11) is -2.21. The lowest BCUT2D eigenvalue weighted by molar-refractivity contribution is -0.111. The van der Waals surface area contributed by atoms with Crippen molar-refractivity contribution in [2.45, 2.75) is 11.8 Å². The number of anilines is 2. The molecule has 0 aliphatic carbocycles. The van der Waals surface area contributed by atoms with Crippen molar-refractivity contribution >= 4 is 33.4 Å². The lowest BCUT2D eigenvalue weighted by Gasteiger charge is -2.09. The third-order valence-corrected chi connectivity index (χ3v) is 5.68. The minimum absolute atomic E-state index is 0.0894. The van der Waals surface area contributed by atoms with Gasteiger partial charge in [-0.2, -0.15) is 0 Å². The molecule has 0 aliphatic rings. The molecule has 0 aliphatic heterocycles. The van der Waals surface area contributed by atoms with Gasteiger partial charge in [-0.25, -0.2) is 8.42 Å². The highest BCUT2D eigenvalue weighted by Gasteiger charge is 2.14. The maximum absolute atomic E-state index is 12.5. The summed E-state index contributed by atoms with van der Waals surface area (Å²) in [4.78, 5) is 12.2. The summed E-state index contributed by atoms with van der Waals surface area (Å²) in [6.07, 6.45) is 3.15. The van der Waals surface area contributed by atoms with Gasteiger partial charge in [0.2, 0.25) is 5.91 Å². The van der Waals surface area contributed by atoms with Crippen molar-refractivity contribution < 1.29 is 17.9 Å². The van der Waals surface area contributed by atoms with E-state index < -0.39 is 10.0 Å². The SMILES string of the molecule is COc1ccc(NS(=O)(=O)c2ccc(NC(=O)/C=C/c3ccc(C)cc3)cc2)cc1. The average Bonchev–Trinajstić information content (AvgIpc) is 2.74. The molecule has 0 radical (unpaired) electrons. The van der Waals surface area contributed by atoms with Crippen LogP contribution >= 0.6 is 0 Å². The van der Waals surface area contributed by atoms with Crippen LogP contribution in [0.5, 0.6) is 5.75 Å². The highest BCUT2D eigenvalue weighted by Crippen LogP contribution is 2.20. The first-order chi connectivity index (χ1) is 14.4. The lowest BCUT2D eigenvalue weighted by atomic mass is 10.1. The number of rotatable bonds is 7. The molecule has 1 amide bonds. The van der Waals surface area contributed by atoms with Crippen LogP contribution in [0, 0.1) is 6.92 Å². The van der Waals surface area contributed by atoms with Gasteiger partial charge in [0.25, 0.3) is 10.0 Å². The number of hydrogen-bond acceptors (Lipinski definition) is 4. The molecule has 0 saturated heterocycles. The van der Waals surface area contributed by atoms with E-state index in [1.54, 1.807) is 42.5 Å². The van der Waals surface area contributed by atoms with E-state index in [-0.39, 0.29) is 10.8 Å². The summed E-state index contributed by atoms with van der Waals surface area (Å²) in [5.41, 5.74) is 2.99. The molecule has 0 heterocycles. The molecular weight excluding hydrogens is 400 g/mol. The van der Waals surface area contributed by atoms with Gasteiger partial charge >= 0.3 is 0 Å². The topological polar surface area (TPSA) is 84.5 Å². The van der Waals surface area contributed by atoms with E-state index in [0.717, 1.165) is 11.1 Å². The van der Waals surface area contributed by atoms with Gasteiger partial charge in [0, 0.05) is 17.5 Å². The second-order valence-electron chi connectivity index (χ2n) is 6.59. The zero-order valence-corrected chi connectivity index (χ0v) is 17.4. The van der Waals surface area contributed by atoms with Crippen LogP contribution in [0.15, 0.2) is 83.8 Å². The van der Waals surface area contributed by atoms with Crippen LogP contribution in [0.4, 0.5) is 11.4 Å². The van der Waals surface area contributed by atoms with Crippen LogP contribution in [0.3, 0.4) is 0 Å². The molecule has 30 heavy (non-hydrogen) atoms. The van der Waals surface area contributed by atoms with Crippen LogP contribution in [0.25, 0.3) is 6.08 Å². The Hall–Kier alpha value is -3.58. The molecule has 0 saturated carbocycles. The summed E-state index contributed by atoms with van der Waals surface area (Å²) < 4.78 is 32.6. The van der Waals surface area contributed by atoms with Gasteiger partial charge in [0.1, 0.15) is 5.75 Å². The highest BCUT2D eigenvalue weighted by molar-refractivity contribution is 7.92. The van der Waals surface area contributed by atoms with Crippen LogP contribution in [-0.4, -0.2) is 21.4 Å². The minimum atomic E-state index is -3.75. The van der Waals surface area contributed by atoms with Crippen molar-refractivity contribution in [2.24, 2.45) is 0 Å². The summed E-state index contributed by atoms with van der Waals surface area (Å²) in [5.74, 6) is 0.331. The Balaban J connectivity index is 1.63.